The number of halogens is 2. The minimum Gasteiger partial charge on any atom is -0.479 e. The van der Waals surface area contributed by atoms with E-state index in [2.05, 4.69) is 0 Å². The Hall–Kier alpha value is -2.41. The Labute approximate surface area is 232 Å². The van der Waals surface area contributed by atoms with Gasteiger partial charge in [0.1, 0.15) is 6.07 Å². The van der Waals surface area contributed by atoms with E-state index < -0.39 is 39.6 Å². The van der Waals surface area contributed by atoms with Gasteiger partial charge < -0.3 is 25.3 Å². The fourth-order valence-corrected chi connectivity index (χ4v) is 7.36. The van der Waals surface area contributed by atoms with Gasteiger partial charge >= 0.3 is 11.9 Å². The van der Waals surface area contributed by atoms with Crippen LogP contribution in [0.5, 0.6) is 0 Å². The Morgan fingerprint density at radius 2 is 1.61 bits per heavy atom. The van der Waals surface area contributed by atoms with Gasteiger partial charge in [0, 0.05) is 52.4 Å². The van der Waals surface area contributed by atoms with Gasteiger partial charge in [0.15, 0.2) is 0 Å². The van der Waals surface area contributed by atoms with Crippen LogP contribution in [0.25, 0.3) is 0 Å². The Kier molecular flexibility index (Phi) is 9.02. The molecule has 11 nitrogen and oxygen atoms in total. The van der Waals surface area contributed by atoms with Crippen molar-refractivity contribution in [1.82, 2.24) is 9.21 Å². The van der Waals surface area contributed by atoms with Crippen LogP contribution < -0.4 is 0 Å². The molecule has 1 heterocycles. The number of hydrogen-bond donors (Lipinski definition) is 4. The van der Waals surface area contributed by atoms with E-state index in [0.29, 0.717) is 28.0 Å². The van der Waals surface area contributed by atoms with Crippen LogP contribution in [0.2, 0.25) is 10.0 Å². The maximum Gasteiger partial charge on any atom is 0.354 e. The quantitative estimate of drug-likeness (QED) is 0.307. The highest BCUT2D eigenvalue weighted by atomic mass is 35.5. The summed E-state index contributed by atoms with van der Waals surface area (Å²) in [6.07, 6.45) is -1.09. The Morgan fingerprint density at radius 3 is 2.11 bits per heavy atom. The van der Waals surface area contributed by atoms with Crippen molar-refractivity contribution < 1.29 is 38.4 Å². The molecule has 0 radical (unpaired) electrons. The molecule has 0 spiro atoms. The van der Waals surface area contributed by atoms with Crippen LogP contribution in [-0.2, 0) is 26.0 Å². The number of hydrogen-bond acceptors (Lipinski definition) is 9. The molecule has 0 aliphatic carbocycles. The van der Waals surface area contributed by atoms with Crippen molar-refractivity contribution in [3.8, 4) is 6.07 Å². The van der Waals surface area contributed by atoms with Crippen LogP contribution in [0.1, 0.15) is 5.56 Å². The molecule has 1 fully saturated rings. The Bertz CT molecular complexity index is 1390. The van der Waals surface area contributed by atoms with Crippen LogP contribution >= 0.6 is 35.0 Å². The minimum atomic E-state index is -4.17. The van der Waals surface area contributed by atoms with Crippen molar-refractivity contribution >= 4 is 56.9 Å². The molecule has 204 valence electrons. The van der Waals surface area contributed by atoms with Gasteiger partial charge in [0.05, 0.1) is 4.90 Å². The first kappa shape index (κ1) is 30.1. The molecule has 0 aromatic heterocycles. The van der Waals surface area contributed by atoms with E-state index in [-0.39, 0.29) is 28.4 Å². The summed E-state index contributed by atoms with van der Waals surface area (Å²) in [4.78, 5) is 25.9. The maximum atomic E-state index is 13.7. The van der Waals surface area contributed by atoms with E-state index in [0.717, 1.165) is 23.9 Å². The topological polar surface area (TPSA) is 179 Å². The van der Waals surface area contributed by atoms with E-state index in [1.54, 1.807) is 12.1 Å². The summed E-state index contributed by atoms with van der Waals surface area (Å²) in [5, 5.41) is 49.7. The first-order valence-corrected chi connectivity index (χ1v) is 13.9. The summed E-state index contributed by atoms with van der Waals surface area (Å²) in [5.41, 5.74) is -7.37. The van der Waals surface area contributed by atoms with E-state index >= 15 is 0 Å². The standard InChI is InChI=1S/C23H23Cl2N3O8S2/c1-27-4-6-28(7-5-27)38(35,36)19-8-14(12-22(33,20(29)30)23(34,13-26)21(31)32)2-3-18(19)37-17-10-15(24)9-16(25)11-17/h2-3,8-11,33-34H,4-7,12H2,1H3,(H,29,30)(H,31,32). The van der Waals surface area contributed by atoms with Crippen molar-refractivity contribution in [2.24, 2.45) is 0 Å². The molecule has 0 bridgehead atoms. The highest BCUT2D eigenvalue weighted by Gasteiger charge is 2.61. The Balaban J connectivity index is 2.14. The molecule has 38 heavy (non-hydrogen) atoms. The molecule has 0 saturated carbocycles. The average molecular weight is 604 g/mol. The van der Waals surface area contributed by atoms with Crippen LogP contribution in [-0.4, -0.2) is 94.4 Å². The molecule has 1 saturated heterocycles. The third-order valence-corrected chi connectivity index (χ3v) is 9.59. The van der Waals surface area contributed by atoms with Gasteiger partial charge in [-0.05, 0) is 42.9 Å². The lowest BCUT2D eigenvalue weighted by Crippen LogP contribution is -2.64. The van der Waals surface area contributed by atoms with Crippen molar-refractivity contribution in [1.29, 1.82) is 5.26 Å². The number of sulfonamides is 1. The van der Waals surface area contributed by atoms with Gasteiger partial charge in [-0.1, -0.05) is 41.0 Å². The third kappa shape index (κ3) is 5.93. The number of carbonyl (C=O) groups is 2. The number of carboxylic acids is 2. The molecule has 2 aromatic carbocycles. The molecule has 15 heteroatoms. The first-order valence-electron chi connectivity index (χ1n) is 10.9. The highest BCUT2D eigenvalue weighted by molar-refractivity contribution is 8.00. The first-order chi connectivity index (χ1) is 17.6. The number of nitriles is 1. The normalized spacial score (nSPS) is 18.2. The molecular formula is C23H23Cl2N3O8S2. The molecule has 2 atom stereocenters. The van der Waals surface area contributed by atoms with Gasteiger partial charge in [-0.3, -0.25) is 0 Å². The number of benzene rings is 2. The fourth-order valence-electron chi connectivity index (χ4n) is 3.80. The molecular weight excluding hydrogens is 581 g/mol. The van der Waals surface area contributed by atoms with E-state index in [1.807, 2.05) is 11.9 Å². The number of aliphatic hydroxyl groups is 2. The van der Waals surface area contributed by atoms with Crippen molar-refractivity contribution in [3.63, 3.8) is 0 Å². The van der Waals surface area contributed by atoms with Crippen molar-refractivity contribution in [2.45, 2.75) is 32.3 Å². The number of carboxylic acid groups (broad SMARTS) is 2. The zero-order chi connectivity index (χ0) is 28.5. The molecule has 0 amide bonds. The summed E-state index contributed by atoms with van der Waals surface area (Å²) < 4.78 is 28.7. The van der Waals surface area contributed by atoms with Gasteiger partial charge in [-0.25, -0.2) is 18.0 Å². The highest BCUT2D eigenvalue weighted by Crippen LogP contribution is 2.38. The van der Waals surface area contributed by atoms with Crippen LogP contribution in [0.4, 0.5) is 0 Å². The number of rotatable bonds is 9. The summed E-state index contributed by atoms with van der Waals surface area (Å²) in [6, 6.07) is 9.30. The number of aliphatic carboxylic acids is 2. The maximum absolute atomic E-state index is 13.7. The number of likely N-dealkylation sites (N-methyl/N-ethyl adjacent to an activating group) is 1. The van der Waals surface area contributed by atoms with Gasteiger partial charge in [-0.15, -0.1) is 0 Å². The van der Waals surface area contributed by atoms with E-state index in [4.69, 9.17) is 23.2 Å². The van der Waals surface area contributed by atoms with Crippen LogP contribution in [0.15, 0.2) is 51.1 Å². The lowest BCUT2D eigenvalue weighted by atomic mass is 9.79. The van der Waals surface area contributed by atoms with Crippen molar-refractivity contribution in [2.75, 3.05) is 33.2 Å². The van der Waals surface area contributed by atoms with Crippen LogP contribution in [0, 0.1) is 11.3 Å². The second kappa shape index (κ2) is 11.4. The predicted molar refractivity (Wildman–Crippen MR) is 138 cm³/mol. The fraction of sp³-hybridized carbons (Fsp3) is 0.348. The summed E-state index contributed by atoms with van der Waals surface area (Å²) in [6.45, 7) is 1.31. The molecule has 2 aromatic rings. The molecule has 1 aliphatic rings. The summed E-state index contributed by atoms with van der Waals surface area (Å²) >= 11 is 13.2. The smallest absolute Gasteiger partial charge is 0.354 e. The molecule has 2 unspecified atom stereocenters. The second-order valence-corrected chi connectivity index (χ2v) is 12.6. The van der Waals surface area contributed by atoms with Crippen LogP contribution in [0.3, 0.4) is 0 Å². The SMILES string of the molecule is CN1CCN(S(=O)(=O)c2cc(CC(O)(C(=O)O)C(O)(C#N)C(=O)O)ccc2Sc2cc(Cl)cc(Cl)c2)CC1. The third-order valence-electron chi connectivity index (χ3n) is 6.04. The number of nitrogens with zero attached hydrogens (tertiary/aromatic N) is 3. The zero-order valence-corrected chi connectivity index (χ0v) is 23.0. The summed E-state index contributed by atoms with van der Waals surface area (Å²) in [5.74, 6) is -4.46. The molecule has 4 N–H and O–H groups in total. The zero-order valence-electron chi connectivity index (χ0n) is 19.8. The number of piperazine rings is 1. The van der Waals surface area contributed by atoms with Gasteiger partial charge in [0.2, 0.25) is 15.6 Å². The lowest BCUT2D eigenvalue weighted by molar-refractivity contribution is -0.195. The predicted octanol–water partition coefficient (Wildman–Crippen LogP) is 1.78. The Morgan fingerprint density at radius 1 is 1.03 bits per heavy atom. The monoisotopic (exact) mass is 603 g/mol. The largest absolute Gasteiger partial charge is 0.479 e. The van der Waals surface area contributed by atoms with Gasteiger partial charge in [0.25, 0.3) is 5.60 Å². The minimum absolute atomic E-state index is 0.147. The van der Waals surface area contributed by atoms with Gasteiger partial charge in [-0.2, -0.15) is 9.57 Å². The second-order valence-electron chi connectivity index (χ2n) is 8.67. The van der Waals surface area contributed by atoms with E-state index in [9.17, 15) is 43.7 Å². The van der Waals surface area contributed by atoms with Crippen molar-refractivity contribution in [3.05, 3.63) is 52.0 Å². The van der Waals surface area contributed by atoms with E-state index in [1.165, 1.54) is 22.5 Å². The lowest BCUT2D eigenvalue weighted by Gasteiger charge is -2.33. The molecule has 3 rings (SSSR count). The average Bonchev–Trinajstić information content (AvgIpc) is 2.83. The molecule has 1 aliphatic heterocycles. The summed E-state index contributed by atoms with van der Waals surface area (Å²) in [7, 11) is -2.32.